The van der Waals surface area contributed by atoms with E-state index in [4.69, 9.17) is 4.74 Å². The maximum Gasteiger partial charge on any atom is 0.264 e. The van der Waals surface area contributed by atoms with Gasteiger partial charge in [0.25, 0.3) is 5.91 Å². The molecule has 1 heterocycles. The van der Waals surface area contributed by atoms with Crippen LogP contribution in [-0.4, -0.2) is 30.2 Å². The molecule has 0 unspecified atom stereocenters. The Balaban J connectivity index is 1.65. The van der Waals surface area contributed by atoms with Gasteiger partial charge in [0.2, 0.25) is 5.91 Å². The molecule has 3 rings (SSSR count). The molecule has 136 valence electrons. The number of anilines is 2. The number of ether oxygens (including phenoxy) is 1. The van der Waals surface area contributed by atoms with Crippen molar-refractivity contribution in [2.24, 2.45) is 0 Å². The first-order valence-electron chi connectivity index (χ1n) is 8.59. The summed E-state index contributed by atoms with van der Waals surface area (Å²) in [7, 11) is 0. The molecule has 0 saturated heterocycles. The third kappa shape index (κ3) is 4.58. The van der Waals surface area contributed by atoms with Crippen LogP contribution >= 0.6 is 11.8 Å². The third-order valence-electron chi connectivity index (χ3n) is 4.08. The van der Waals surface area contributed by atoms with Gasteiger partial charge < -0.3 is 15.0 Å². The van der Waals surface area contributed by atoms with Crippen LogP contribution in [0.1, 0.15) is 20.3 Å². The molecule has 0 aromatic heterocycles. The number of nitrogens with one attached hydrogen (secondary N) is 1. The Morgan fingerprint density at radius 2 is 1.92 bits per heavy atom. The molecule has 1 atom stereocenters. The second-order valence-electron chi connectivity index (χ2n) is 6.22. The predicted octanol–water partition coefficient (Wildman–Crippen LogP) is 3.94. The van der Waals surface area contributed by atoms with Gasteiger partial charge >= 0.3 is 0 Å². The fraction of sp³-hybridized carbons (Fsp3) is 0.300. The summed E-state index contributed by atoms with van der Waals surface area (Å²) in [4.78, 5) is 26.7. The van der Waals surface area contributed by atoms with Gasteiger partial charge in [0.1, 0.15) is 5.75 Å². The summed E-state index contributed by atoms with van der Waals surface area (Å²) in [6, 6.07) is 15.0. The highest BCUT2D eigenvalue weighted by Gasteiger charge is 2.24. The van der Waals surface area contributed by atoms with Crippen molar-refractivity contribution in [3.05, 3.63) is 48.5 Å². The molecule has 2 aromatic carbocycles. The first-order chi connectivity index (χ1) is 12.5. The van der Waals surface area contributed by atoms with Crippen LogP contribution in [0.5, 0.6) is 5.75 Å². The fourth-order valence-electron chi connectivity index (χ4n) is 2.81. The van der Waals surface area contributed by atoms with E-state index in [1.54, 1.807) is 36.0 Å². The highest BCUT2D eigenvalue weighted by Crippen LogP contribution is 2.37. The van der Waals surface area contributed by atoms with Crippen LogP contribution in [0.3, 0.4) is 0 Å². The van der Waals surface area contributed by atoms with Gasteiger partial charge in [-0.3, -0.25) is 9.59 Å². The zero-order valence-electron chi connectivity index (χ0n) is 14.9. The molecule has 6 heteroatoms. The Labute approximate surface area is 157 Å². The number of benzene rings is 2. The van der Waals surface area contributed by atoms with E-state index >= 15 is 0 Å². The molecule has 0 aliphatic carbocycles. The Morgan fingerprint density at radius 3 is 2.65 bits per heavy atom. The van der Waals surface area contributed by atoms with E-state index in [1.165, 1.54) is 6.92 Å². The summed E-state index contributed by atoms with van der Waals surface area (Å²) < 4.78 is 5.65. The average molecular weight is 370 g/mol. The summed E-state index contributed by atoms with van der Waals surface area (Å²) in [5, 5.41) is 3.17. The van der Waals surface area contributed by atoms with Crippen LogP contribution in [0.4, 0.5) is 11.4 Å². The van der Waals surface area contributed by atoms with Crippen molar-refractivity contribution < 1.29 is 14.3 Å². The van der Waals surface area contributed by atoms with Crippen molar-refractivity contribution in [2.75, 3.05) is 23.4 Å². The van der Waals surface area contributed by atoms with E-state index in [0.717, 1.165) is 17.0 Å². The first-order valence-corrected chi connectivity index (χ1v) is 9.47. The van der Waals surface area contributed by atoms with Gasteiger partial charge in [-0.15, -0.1) is 11.8 Å². The summed E-state index contributed by atoms with van der Waals surface area (Å²) in [6.45, 7) is 4.31. The van der Waals surface area contributed by atoms with Crippen LogP contribution < -0.4 is 15.0 Å². The topological polar surface area (TPSA) is 58.6 Å². The van der Waals surface area contributed by atoms with Crippen molar-refractivity contribution >= 4 is 35.0 Å². The van der Waals surface area contributed by atoms with E-state index in [0.29, 0.717) is 23.2 Å². The highest BCUT2D eigenvalue weighted by molar-refractivity contribution is 8.00. The Morgan fingerprint density at radius 1 is 1.19 bits per heavy atom. The van der Waals surface area contributed by atoms with Crippen molar-refractivity contribution in [1.29, 1.82) is 0 Å². The molecular formula is C20H22N2O3S. The maximum atomic E-state index is 12.7. The number of nitrogens with zero attached hydrogens (tertiary/aromatic N) is 1. The predicted molar refractivity (Wildman–Crippen MR) is 105 cm³/mol. The molecule has 1 N–H and O–H groups in total. The van der Waals surface area contributed by atoms with Gasteiger partial charge in [-0.2, -0.15) is 0 Å². The number of hydrogen-bond donors (Lipinski definition) is 1. The van der Waals surface area contributed by atoms with Crippen molar-refractivity contribution in [2.45, 2.75) is 30.4 Å². The number of thioether (sulfide) groups is 1. The smallest absolute Gasteiger partial charge is 0.264 e. The van der Waals surface area contributed by atoms with Crippen LogP contribution in [0.25, 0.3) is 0 Å². The van der Waals surface area contributed by atoms with Crippen molar-refractivity contribution in [3.8, 4) is 5.75 Å². The third-order valence-corrected chi connectivity index (χ3v) is 5.32. The molecule has 2 amide bonds. The number of carbonyl (C=O) groups excluding carboxylic acids is 2. The molecule has 1 aliphatic heterocycles. The maximum absolute atomic E-state index is 12.7. The van der Waals surface area contributed by atoms with E-state index < -0.39 is 0 Å². The van der Waals surface area contributed by atoms with Crippen molar-refractivity contribution in [1.82, 2.24) is 0 Å². The standard InChI is InChI=1S/C20H22N2O3S/c1-14-11-12-22(18-5-3-4-6-19(18)26-14)20(24)13-25-17-9-7-16(8-10-17)21-15(2)23/h3-10,14H,11-13H2,1-2H3,(H,21,23)/t14-/m1/s1. The number of carbonyl (C=O) groups is 2. The van der Waals surface area contributed by atoms with Gasteiger partial charge in [0.15, 0.2) is 6.61 Å². The molecule has 26 heavy (non-hydrogen) atoms. The average Bonchev–Trinajstić information content (AvgIpc) is 2.78. The first kappa shape index (κ1) is 18.3. The monoisotopic (exact) mass is 370 g/mol. The molecule has 0 bridgehead atoms. The van der Waals surface area contributed by atoms with E-state index in [9.17, 15) is 9.59 Å². The molecule has 0 spiro atoms. The molecule has 0 saturated carbocycles. The zero-order valence-corrected chi connectivity index (χ0v) is 15.7. The second-order valence-corrected chi connectivity index (χ2v) is 7.70. The van der Waals surface area contributed by atoms with Gasteiger partial charge in [0.05, 0.1) is 5.69 Å². The molecule has 2 aromatic rings. The van der Waals surface area contributed by atoms with Gasteiger partial charge in [-0.25, -0.2) is 0 Å². The molecule has 5 nitrogen and oxygen atoms in total. The number of rotatable bonds is 4. The summed E-state index contributed by atoms with van der Waals surface area (Å²) >= 11 is 1.81. The van der Waals surface area contributed by atoms with Gasteiger partial charge in [-0.05, 0) is 42.8 Å². The number of hydrogen-bond acceptors (Lipinski definition) is 4. The van der Waals surface area contributed by atoms with E-state index in [1.807, 2.05) is 23.1 Å². The largest absolute Gasteiger partial charge is 0.484 e. The van der Waals surface area contributed by atoms with Crippen molar-refractivity contribution in [3.63, 3.8) is 0 Å². The van der Waals surface area contributed by atoms with Crippen LogP contribution in [0.2, 0.25) is 0 Å². The number of fused-ring (bicyclic) bond motifs is 1. The van der Waals surface area contributed by atoms with E-state index in [2.05, 4.69) is 18.3 Å². The summed E-state index contributed by atoms with van der Waals surface area (Å²) in [5.41, 5.74) is 1.65. The fourth-order valence-corrected chi connectivity index (χ4v) is 3.92. The minimum absolute atomic E-state index is 0.0210. The zero-order chi connectivity index (χ0) is 18.5. The van der Waals surface area contributed by atoms with E-state index in [-0.39, 0.29) is 18.4 Å². The van der Waals surface area contributed by atoms with Crippen LogP contribution in [0.15, 0.2) is 53.4 Å². The second kappa shape index (κ2) is 8.27. The van der Waals surface area contributed by atoms with Crippen LogP contribution in [-0.2, 0) is 9.59 Å². The molecule has 0 fully saturated rings. The number of para-hydroxylation sites is 1. The summed E-state index contributed by atoms with van der Waals surface area (Å²) in [6.07, 6.45) is 0.941. The van der Waals surface area contributed by atoms with Gasteiger partial charge in [-0.1, -0.05) is 19.1 Å². The summed E-state index contributed by atoms with van der Waals surface area (Å²) in [5.74, 6) is 0.414. The minimum Gasteiger partial charge on any atom is -0.484 e. The minimum atomic E-state index is -0.124. The normalized spacial score (nSPS) is 16.4. The van der Waals surface area contributed by atoms with Crippen LogP contribution in [0, 0.1) is 0 Å². The lowest BCUT2D eigenvalue weighted by Gasteiger charge is -2.22. The molecule has 1 aliphatic rings. The lowest BCUT2D eigenvalue weighted by molar-refractivity contribution is -0.120. The Hall–Kier alpha value is -2.47. The lowest BCUT2D eigenvalue weighted by Crippen LogP contribution is -2.36. The Bertz CT molecular complexity index is 792. The number of amides is 2. The van der Waals surface area contributed by atoms with Gasteiger partial charge in [0, 0.05) is 29.3 Å². The quantitative estimate of drug-likeness (QED) is 0.886. The highest BCUT2D eigenvalue weighted by atomic mass is 32.2. The molecular weight excluding hydrogens is 348 g/mol. The SMILES string of the molecule is CC(=O)Nc1ccc(OCC(=O)N2CC[C@@H](C)Sc3ccccc32)cc1. The Kier molecular flexibility index (Phi) is 5.83. The lowest BCUT2D eigenvalue weighted by atomic mass is 10.2. The molecule has 0 radical (unpaired) electrons.